The molecule has 5 nitrogen and oxygen atoms in total. The van der Waals surface area contributed by atoms with Crippen LogP contribution < -0.4 is 5.14 Å². The van der Waals surface area contributed by atoms with Crippen LogP contribution in [0.4, 0.5) is 0 Å². The van der Waals surface area contributed by atoms with Crippen LogP contribution in [-0.2, 0) is 10.0 Å². The summed E-state index contributed by atoms with van der Waals surface area (Å²) in [5.41, 5.74) is 2.01. The third-order valence-electron chi connectivity index (χ3n) is 4.72. The van der Waals surface area contributed by atoms with E-state index in [2.05, 4.69) is 13.8 Å². The zero-order valence-electron chi connectivity index (χ0n) is 14.3. The molecule has 2 rings (SSSR count). The second kappa shape index (κ2) is 6.61. The van der Waals surface area contributed by atoms with Crippen LogP contribution in [0.15, 0.2) is 17.0 Å². The number of benzene rings is 1. The van der Waals surface area contributed by atoms with E-state index in [-0.39, 0.29) is 10.8 Å². The molecule has 1 aromatic rings. The van der Waals surface area contributed by atoms with E-state index >= 15 is 0 Å². The molecule has 0 aromatic heterocycles. The van der Waals surface area contributed by atoms with Crippen LogP contribution in [0.25, 0.3) is 0 Å². The molecule has 1 saturated heterocycles. The standard InChI is InChI=1S/C17H26N2O3S/c1-11-5-6-19(10-12(2)7-11)17(20)16-9-15(23(18,21)22)8-13(3)14(16)4/h8-9,11-12H,5-7,10H2,1-4H3,(H2,18,21,22). The van der Waals surface area contributed by atoms with Crippen molar-refractivity contribution < 1.29 is 13.2 Å². The fourth-order valence-electron chi connectivity index (χ4n) is 3.29. The van der Waals surface area contributed by atoms with Gasteiger partial charge >= 0.3 is 0 Å². The van der Waals surface area contributed by atoms with Gasteiger partial charge in [0.1, 0.15) is 0 Å². The van der Waals surface area contributed by atoms with Gasteiger partial charge in [-0.25, -0.2) is 13.6 Å². The lowest BCUT2D eigenvalue weighted by Gasteiger charge is -2.24. The van der Waals surface area contributed by atoms with Crippen molar-refractivity contribution in [3.05, 3.63) is 28.8 Å². The van der Waals surface area contributed by atoms with Gasteiger partial charge in [-0.3, -0.25) is 4.79 Å². The maximum absolute atomic E-state index is 12.9. The Morgan fingerprint density at radius 1 is 1.22 bits per heavy atom. The maximum Gasteiger partial charge on any atom is 0.254 e. The van der Waals surface area contributed by atoms with Crippen molar-refractivity contribution in [2.45, 2.75) is 45.4 Å². The molecule has 1 heterocycles. The molecule has 2 unspecified atom stereocenters. The monoisotopic (exact) mass is 338 g/mol. The number of likely N-dealkylation sites (tertiary alicyclic amines) is 1. The van der Waals surface area contributed by atoms with Gasteiger partial charge in [0.05, 0.1) is 4.90 Å². The van der Waals surface area contributed by atoms with Crippen LogP contribution in [-0.4, -0.2) is 32.3 Å². The molecule has 0 aliphatic carbocycles. The molecular formula is C17H26N2O3S. The molecule has 0 saturated carbocycles. The highest BCUT2D eigenvalue weighted by molar-refractivity contribution is 7.89. The first-order chi connectivity index (χ1) is 10.6. The first-order valence-corrected chi connectivity index (χ1v) is 9.57. The lowest BCUT2D eigenvalue weighted by molar-refractivity contribution is 0.0743. The second-order valence-corrected chi connectivity index (χ2v) is 8.51. The minimum Gasteiger partial charge on any atom is -0.338 e. The van der Waals surface area contributed by atoms with Crippen molar-refractivity contribution in [1.29, 1.82) is 0 Å². The summed E-state index contributed by atoms with van der Waals surface area (Å²) < 4.78 is 23.3. The maximum atomic E-state index is 12.9. The van der Waals surface area contributed by atoms with Gasteiger partial charge in [-0.2, -0.15) is 0 Å². The molecule has 1 aliphatic rings. The summed E-state index contributed by atoms with van der Waals surface area (Å²) in [4.78, 5) is 14.8. The summed E-state index contributed by atoms with van der Waals surface area (Å²) in [5.74, 6) is 0.942. The third-order valence-corrected chi connectivity index (χ3v) is 5.61. The largest absolute Gasteiger partial charge is 0.338 e. The first kappa shape index (κ1) is 17.9. The highest BCUT2D eigenvalue weighted by atomic mass is 32.2. The van der Waals surface area contributed by atoms with Crippen LogP contribution in [0.2, 0.25) is 0 Å². The summed E-state index contributed by atoms with van der Waals surface area (Å²) in [6.07, 6.45) is 2.09. The number of nitrogens with zero attached hydrogens (tertiary/aromatic N) is 1. The van der Waals surface area contributed by atoms with E-state index in [4.69, 9.17) is 5.14 Å². The Kier molecular flexibility index (Phi) is 5.16. The molecule has 0 radical (unpaired) electrons. The van der Waals surface area contributed by atoms with Crippen molar-refractivity contribution in [3.63, 3.8) is 0 Å². The Labute approximate surface area is 138 Å². The molecule has 23 heavy (non-hydrogen) atoms. The highest BCUT2D eigenvalue weighted by Crippen LogP contribution is 2.25. The van der Waals surface area contributed by atoms with Crippen LogP contribution in [0.1, 0.15) is 48.2 Å². The molecule has 0 bridgehead atoms. The first-order valence-electron chi connectivity index (χ1n) is 8.03. The van der Waals surface area contributed by atoms with E-state index in [1.54, 1.807) is 6.92 Å². The van der Waals surface area contributed by atoms with Crippen molar-refractivity contribution in [2.75, 3.05) is 13.1 Å². The van der Waals surface area contributed by atoms with E-state index < -0.39 is 10.0 Å². The molecule has 1 amide bonds. The number of carbonyl (C=O) groups is 1. The van der Waals surface area contributed by atoms with Crippen molar-refractivity contribution in [1.82, 2.24) is 4.90 Å². The molecule has 128 valence electrons. The second-order valence-electron chi connectivity index (χ2n) is 6.94. The Morgan fingerprint density at radius 2 is 1.87 bits per heavy atom. The predicted octanol–water partition coefficient (Wildman–Crippen LogP) is 2.46. The van der Waals surface area contributed by atoms with Gasteiger partial charge in [-0.1, -0.05) is 13.8 Å². The van der Waals surface area contributed by atoms with Gasteiger partial charge in [0.25, 0.3) is 5.91 Å². The molecule has 1 fully saturated rings. The van der Waals surface area contributed by atoms with E-state index in [1.807, 2.05) is 11.8 Å². The van der Waals surface area contributed by atoms with Crippen LogP contribution >= 0.6 is 0 Å². The van der Waals surface area contributed by atoms with E-state index in [0.29, 0.717) is 30.5 Å². The summed E-state index contributed by atoms with van der Waals surface area (Å²) >= 11 is 0. The lowest BCUT2D eigenvalue weighted by Crippen LogP contribution is -2.34. The molecule has 1 aromatic carbocycles. The molecule has 2 N–H and O–H groups in total. The lowest BCUT2D eigenvalue weighted by atomic mass is 9.97. The zero-order chi connectivity index (χ0) is 17.4. The Balaban J connectivity index is 2.40. The normalized spacial score (nSPS) is 22.7. The van der Waals surface area contributed by atoms with E-state index in [1.165, 1.54) is 12.1 Å². The number of primary sulfonamides is 1. The summed E-state index contributed by atoms with van der Waals surface area (Å²) in [6.45, 7) is 9.43. The van der Waals surface area contributed by atoms with E-state index in [0.717, 1.165) is 24.0 Å². The number of hydrogen-bond donors (Lipinski definition) is 1. The Hall–Kier alpha value is -1.40. The average Bonchev–Trinajstić information content (AvgIpc) is 2.60. The number of hydrogen-bond acceptors (Lipinski definition) is 3. The summed E-state index contributed by atoms with van der Waals surface area (Å²) in [5, 5.41) is 5.24. The number of carbonyl (C=O) groups excluding carboxylic acids is 1. The van der Waals surface area contributed by atoms with Gasteiger partial charge in [0.15, 0.2) is 0 Å². The molecule has 0 spiro atoms. The zero-order valence-corrected chi connectivity index (χ0v) is 15.1. The quantitative estimate of drug-likeness (QED) is 0.899. The van der Waals surface area contributed by atoms with Gasteiger partial charge < -0.3 is 4.90 Å². The number of amides is 1. The summed E-state index contributed by atoms with van der Waals surface area (Å²) in [7, 11) is -3.83. The average molecular weight is 338 g/mol. The molecule has 6 heteroatoms. The number of nitrogens with two attached hydrogens (primary N) is 1. The van der Waals surface area contributed by atoms with Crippen LogP contribution in [0.5, 0.6) is 0 Å². The van der Waals surface area contributed by atoms with Crippen molar-refractivity contribution in [2.24, 2.45) is 17.0 Å². The molecular weight excluding hydrogens is 312 g/mol. The third kappa shape index (κ3) is 4.12. The highest BCUT2D eigenvalue weighted by Gasteiger charge is 2.26. The Bertz CT molecular complexity index is 713. The van der Waals surface area contributed by atoms with Crippen LogP contribution in [0, 0.1) is 25.7 Å². The van der Waals surface area contributed by atoms with Gasteiger partial charge in [0, 0.05) is 18.7 Å². The van der Waals surface area contributed by atoms with Crippen LogP contribution in [0.3, 0.4) is 0 Å². The fourth-order valence-corrected chi connectivity index (χ4v) is 3.91. The SMILES string of the molecule is Cc1cc(S(N)(=O)=O)cc(C(=O)N2CCC(C)CC(C)C2)c1C. The fraction of sp³-hybridized carbons (Fsp3) is 0.588. The predicted molar refractivity (Wildman–Crippen MR) is 90.8 cm³/mol. The topological polar surface area (TPSA) is 80.5 Å². The van der Waals surface area contributed by atoms with Crippen molar-refractivity contribution in [3.8, 4) is 0 Å². The minimum atomic E-state index is -3.83. The number of sulfonamides is 1. The number of rotatable bonds is 2. The van der Waals surface area contributed by atoms with Gasteiger partial charge in [-0.15, -0.1) is 0 Å². The molecule has 1 aliphatic heterocycles. The van der Waals surface area contributed by atoms with Gasteiger partial charge in [0.2, 0.25) is 10.0 Å². The number of aryl methyl sites for hydroxylation is 1. The molecule has 2 atom stereocenters. The van der Waals surface area contributed by atoms with E-state index in [9.17, 15) is 13.2 Å². The summed E-state index contributed by atoms with van der Waals surface area (Å²) in [6, 6.07) is 2.94. The van der Waals surface area contributed by atoms with Crippen molar-refractivity contribution >= 4 is 15.9 Å². The Morgan fingerprint density at radius 3 is 2.48 bits per heavy atom. The smallest absolute Gasteiger partial charge is 0.254 e. The van der Waals surface area contributed by atoms with Gasteiger partial charge in [-0.05, 0) is 61.8 Å². The minimum absolute atomic E-state index is 0.000175.